The molecule has 0 bridgehead atoms. The number of carbonyl (C=O) groups is 1. The molecule has 7 heteroatoms. The van der Waals surface area contributed by atoms with Gasteiger partial charge in [0.1, 0.15) is 11.5 Å². The number of aromatic hydroxyl groups is 2. The van der Waals surface area contributed by atoms with Crippen LogP contribution in [0.25, 0.3) is 5.57 Å². The zero-order valence-electron chi connectivity index (χ0n) is 15.6. The summed E-state index contributed by atoms with van der Waals surface area (Å²) < 4.78 is 1.92. The van der Waals surface area contributed by atoms with Crippen molar-refractivity contribution in [2.45, 2.75) is 19.0 Å². The van der Waals surface area contributed by atoms with Crippen molar-refractivity contribution < 1.29 is 20.1 Å². The standard InChI is InChI=1S/C22H21N3O4/c26-16-6-3-5-15(13-16)19-20(17-7-1-2-8-18(17)27)25(22(29)21(19)28)11-4-10-24-12-9-23-14-24/h1-3,5-9,12-14,20,26-28H,4,10-11H2. The predicted octanol–water partition coefficient (Wildman–Crippen LogP) is 3.24. The van der Waals surface area contributed by atoms with E-state index in [4.69, 9.17) is 0 Å². The molecule has 0 radical (unpaired) electrons. The van der Waals surface area contributed by atoms with Crippen molar-refractivity contribution in [3.8, 4) is 11.5 Å². The van der Waals surface area contributed by atoms with Gasteiger partial charge in [-0.1, -0.05) is 30.3 Å². The first-order chi connectivity index (χ1) is 14.1. The molecule has 1 aliphatic heterocycles. The molecule has 0 saturated carbocycles. The van der Waals surface area contributed by atoms with Crippen molar-refractivity contribution in [2.75, 3.05) is 6.54 Å². The Labute approximate surface area is 167 Å². The zero-order chi connectivity index (χ0) is 20.4. The van der Waals surface area contributed by atoms with Crippen LogP contribution in [0.15, 0.2) is 73.0 Å². The quantitative estimate of drug-likeness (QED) is 0.599. The Bertz CT molecular complexity index is 1060. The van der Waals surface area contributed by atoms with Crippen LogP contribution in [0.5, 0.6) is 11.5 Å². The Kier molecular flexibility index (Phi) is 4.95. The van der Waals surface area contributed by atoms with Gasteiger partial charge < -0.3 is 24.8 Å². The van der Waals surface area contributed by atoms with Crippen molar-refractivity contribution in [2.24, 2.45) is 0 Å². The third-order valence-electron chi connectivity index (χ3n) is 5.07. The van der Waals surface area contributed by atoms with Crippen LogP contribution in [0.3, 0.4) is 0 Å². The van der Waals surface area contributed by atoms with Gasteiger partial charge in [-0.15, -0.1) is 0 Å². The van der Waals surface area contributed by atoms with Gasteiger partial charge in [-0.3, -0.25) is 4.79 Å². The third-order valence-corrected chi connectivity index (χ3v) is 5.07. The number of rotatable bonds is 6. The first kappa shape index (κ1) is 18.6. The highest BCUT2D eigenvalue weighted by Gasteiger charge is 2.41. The van der Waals surface area contributed by atoms with E-state index in [1.165, 1.54) is 12.1 Å². The van der Waals surface area contributed by atoms with Crippen molar-refractivity contribution in [1.29, 1.82) is 0 Å². The predicted molar refractivity (Wildman–Crippen MR) is 107 cm³/mol. The Morgan fingerprint density at radius 3 is 2.55 bits per heavy atom. The first-order valence-corrected chi connectivity index (χ1v) is 9.33. The van der Waals surface area contributed by atoms with Gasteiger partial charge in [0.2, 0.25) is 0 Å². The maximum absolute atomic E-state index is 12.9. The lowest BCUT2D eigenvalue weighted by Gasteiger charge is -2.28. The van der Waals surface area contributed by atoms with Crippen LogP contribution in [-0.2, 0) is 11.3 Å². The fraction of sp³-hybridized carbons (Fsp3) is 0.182. The number of aryl methyl sites for hydroxylation is 1. The fourth-order valence-electron chi connectivity index (χ4n) is 3.74. The number of imidazole rings is 1. The maximum Gasteiger partial charge on any atom is 0.289 e. The first-order valence-electron chi connectivity index (χ1n) is 9.33. The van der Waals surface area contributed by atoms with Crippen molar-refractivity contribution in [3.63, 3.8) is 0 Å². The number of amides is 1. The molecule has 1 aromatic heterocycles. The second kappa shape index (κ2) is 7.71. The molecule has 0 spiro atoms. The topological polar surface area (TPSA) is 98.8 Å². The molecule has 2 heterocycles. The summed E-state index contributed by atoms with van der Waals surface area (Å²) in [6.07, 6.45) is 5.90. The molecule has 2 aromatic carbocycles. The van der Waals surface area contributed by atoms with Gasteiger partial charge in [0, 0.05) is 36.6 Å². The largest absolute Gasteiger partial charge is 0.508 e. The van der Waals surface area contributed by atoms with E-state index < -0.39 is 11.9 Å². The van der Waals surface area contributed by atoms with Gasteiger partial charge in [0.05, 0.1) is 12.4 Å². The Balaban J connectivity index is 1.71. The lowest BCUT2D eigenvalue weighted by Crippen LogP contribution is -2.31. The van der Waals surface area contributed by atoms with Crippen LogP contribution >= 0.6 is 0 Å². The molecule has 7 nitrogen and oxygen atoms in total. The molecule has 1 unspecified atom stereocenters. The highest BCUT2D eigenvalue weighted by molar-refractivity contribution is 6.05. The van der Waals surface area contributed by atoms with Gasteiger partial charge >= 0.3 is 0 Å². The highest BCUT2D eigenvalue weighted by Crippen LogP contribution is 2.45. The summed E-state index contributed by atoms with van der Waals surface area (Å²) in [6.45, 7) is 1.04. The van der Waals surface area contributed by atoms with Gasteiger partial charge in [0.15, 0.2) is 5.76 Å². The average molecular weight is 391 g/mol. The number of aromatic nitrogens is 2. The van der Waals surface area contributed by atoms with Gasteiger partial charge in [-0.2, -0.15) is 0 Å². The summed E-state index contributed by atoms with van der Waals surface area (Å²) in [5.74, 6) is -0.796. The summed E-state index contributed by atoms with van der Waals surface area (Å²) in [7, 11) is 0. The van der Waals surface area contributed by atoms with Gasteiger partial charge in [-0.05, 0) is 30.2 Å². The molecule has 0 fully saturated rings. The SMILES string of the molecule is O=C1C(O)=C(c2cccc(O)c2)C(c2ccccc2O)N1CCCn1ccnc1. The average Bonchev–Trinajstić information content (AvgIpc) is 3.31. The summed E-state index contributed by atoms with van der Waals surface area (Å²) in [5, 5.41) is 31.0. The van der Waals surface area contributed by atoms with Crippen LogP contribution in [-0.4, -0.2) is 42.2 Å². The number of para-hydroxylation sites is 1. The molecular formula is C22H21N3O4. The van der Waals surface area contributed by atoms with Crippen LogP contribution in [0.4, 0.5) is 0 Å². The number of aliphatic hydroxyl groups excluding tert-OH is 1. The highest BCUT2D eigenvalue weighted by atomic mass is 16.3. The fourth-order valence-corrected chi connectivity index (χ4v) is 3.74. The number of hydrogen-bond acceptors (Lipinski definition) is 5. The second-order valence-corrected chi connectivity index (χ2v) is 6.93. The monoisotopic (exact) mass is 391 g/mol. The Morgan fingerprint density at radius 2 is 1.83 bits per heavy atom. The second-order valence-electron chi connectivity index (χ2n) is 6.93. The van der Waals surface area contributed by atoms with Crippen molar-refractivity contribution in [3.05, 3.63) is 84.1 Å². The Hall–Kier alpha value is -3.74. The minimum atomic E-state index is -0.659. The normalized spacial score (nSPS) is 16.6. The summed E-state index contributed by atoms with van der Waals surface area (Å²) in [4.78, 5) is 18.5. The number of carbonyl (C=O) groups excluding carboxylic acids is 1. The molecular weight excluding hydrogens is 370 g/mol. The van der Waals surface area contributed by atoms with Crippen LogP contribution in [0.2, 0.25) is 0 Å². The molecule has 0 aliphatic carbocycles. The molecule has 0 saturated heterocycles. The van der Waals surface area contributed by atoms with Crippen LogP contribution in [0, 0.1) is 0 Å². The number of hydrogen-bond donors (Lipinski definition) is 3. The van der Waals surface area contributed by atoms with Gasteiger partial charge in [0.25, 0.3) is 5.91 Å². The molecule has 1 atom stereocenters. The van der Waals surface area contributed by atoms with E-state index in [2.05, 4.69) is 4.98 Å². The number of benzene rings is 2. The van der Waals surface area contributed by atoms with E-state index in [1.807, 2.05) is 10.8 Å². The van der Waals surface area contributed by atoms with E-state index in [0.29, 0.717) is 36.2 Å². The molecule has 1 amide bonds. The number of nitrogens with zero attached hydrogens (tertiary/aromatic N) is 3. The van der Waals surface area contributed by atoms with E-state index in [-0.39, 0.29) is 17.3 Å². The smallest absolute Gasteiger partial charge is 0.289 e. The third kappa shape index (κ3) is 3.54. The van der Waals surface area contributed by atoms with E-state index in [9.17, 15) is 20.1 Å². The molecule has 3 N–H and O–H groups in total. The lowest BCUT2D eigenvalue weighted by atomic mass is 9.92. The molecule has 3 aromatic rings. The van der Waals surface area contributed by atoms with Crippen LogP contribution in [0.1, 0.15) is 23.6 Å². The maximum atomic E-state index is 12.9. The summed E-state index contributed by atoms with van der Waals surface area (Å²) >= 11 is 0. The van der Waals surface area contributed by atoms with E-state index in [0.717, 1.165) is 0 Å². The van der Waals surface area contributed by atoms with Crippen molar-refractivity contribution in [1.82, 2.24) is 14.5 Å². The van der Waals surface area contributed by atoms with Crippen LogP contribution < -0.4 is 0 Å². The molecule has 4 rings (SSSR count). The lowest BCUT2D eigenvalue weighted by molar-refractivity contribution is -0.129. The molecule has 1 aliphatic rings. The summed E-state index contributed by atoms with van der Waals surface area (Å²) in [6, 6.07) is 12.5. The summed E-state index contributed by atoms with van der Waals surface area (Å²) in [5.41, 5.74) is 1.42. The number of phenolic OH excluding ortho intramolecular Hbond substituents is 2. The zero-order valence-corrected chi connectivity index (χ0v) is 15.6. The van der Waals surface area contributed by atoms with Gasteiger partial charge in [-0.25, -0.2) is 4.98 Å². The van der Waals surface area contributed by atoms with E-state index in [1.54, 1.807) is 53.8 Å². The molecule has 29 heavy (non-hydrogen) atoms. The number of phenols is 2. The molecule has 148 valence electrons. The van der Waals surface area contributed by atoms with E-state index >= 15 is 0 Å². The minimum absolute atomic E-state index is 0.0323. The minimum Gasteiger partial charge on any atom is -0.508 e. The number of aliphatic hydroxyl groups is 1. The van der Waals surface area contributed by atoms with Crippen molar-refractivity contribution >= 4 is 11.5 Å². The Morgan fingerprint density at radius 1 is 1.00 bits per heavy atom.